The number of benzene rings is 2. The number of thiocarbonyl (C=S) groups is 1. The Labute approximate surface area is 171 Å². The van der Waals surface area contributed by atoms with Crippen LogP contribution in [0.4, 0.5) is 11.4 Å². The lowest BCUT2D eigenvalue weighted by Crippen LogP contribution is -2.35. The Hall–Kier alpha value is -2.80. The number of carbonyl (C=O) groups excluding carboxylic acids is 1. The van der Waals surface area contributed by atoms with Crippen LogP contribution < -0.4 is 20.3 Å². The van der Waals surface area contributed by atoms with Gasteiger partial charge in [0.25, 0.3) is 0 Å². The molecule has 0 bridgehead atoms. The second-order valence-electron chi connectivity index (χ2n) is 6.20. The van der Waals surface area contributed by atoms with Gasteiger partial charge in [-0.05, 0) is 68.0 Å². The van der Waals surface area contributed by atoms with E-state index in [2.05, 4.69) is 15.5 Å². The number of methoxy groups -OCH3 is 1. The van der Waals surface area contributed by atoms with Crippen molar-refractivity contribution in [2.75, 3.05) is 44.1 Å². The van der Waals surface area contributed by atoms with Crippen molar-refractivity contribution in [3.8, 4) is 5.75 Å². The number of nitrogens with zero attached hydrogens (tertiary/aromatic N) is 1. The van der Waals surface area contributed by atoms with Crippen LogP contribution in [0.25, 0.3) is 0 Å². The molecule has 0 amide bonds. The molecule has 0 saturated heterocycles. The molecule has 7 heteroatoms. The Balaban J connectivity index is 1.87. The first-order chi connectivity index (χ1) is 13.5. The molecule has 2 aromatic rings. The highest BCUT2D eigenvalue weighted by Gasteiger charge is 2.13. The SMILES string of the molecule is CCOC(=O)c1cccc(NC(=S)NCCN(C)c2ccc(OC)cc2)c1C. The van der Waals surface area contributed by atoms with Crippen LogP contribution in [-0.2, 0) is 4.74 Å². The van der Waals surface area contributed by atoms with Crippen molar-refractivity contribution in [1.82, 2.24) is 5.32 Å². The molecule has 150 valence electrons. The minimum atomic E-state index is -0.330. The molecule has 6 nitrogen and oxygen atoms in total. The second-order valence-corrected chi connectivity index (χ2v) is 6.61. The number of esters is 1. The summed E-state index contributed by atoms with van der Waals surface area (Å²) in [5.74, 6) is 0.504. The Morgan fingerprint density at radius 2 is 1.89 bits per heavy atom. The minimum absolute atomic E-state index is 0.330. The normalized spacial score (nSPS) is 10.1. The third-order valence-electron chi connectivity index (χ3n) is 4.32. The van der Waals surface area contributed by atoms with Gasteiger partial charge in [0, 0.05) is 31.5 Å². The molecule has 0 aliphatic carbocycles. The van der Waals surface area contributed by atoms with Crippen LogP contribution in [0.5, 0.6) is 5.75 Å². The molecule has 0 fully saturated rings. The van der Waals surface area contributed by atoms with Gasteiger partial charge in [-0.3, -0.25) is 0 Å². The van der Waals surface area contributed by atoms with Gasteiger partial charge in [-0.25, -0.2) is 4.79 Å². The molecule has 0 heterocycles. The van der Waals surface area contributed by atoms with E-state index in [0.717, 1.165) is 29.2 Å². The summed E-state index contributed by atoms with van der Waals surface area (Å²) in [5.41, 5.74) is 3.22. The predicted octanol–water partition coefficient (Wildman–Crippen LogP) is 3.60. The molecular weight excluding hydrogens is 374 g/mol. The third-order valence-corrected chi connectivity index (χ3v) is 4.57. The van der Waals surface area contributed by atoms with Gasteiger partial charge in [0.05, 0.1) is 19.3 Å². The highest BCUT2D eigenvalue weighted by molar-refractivity contribution is 7.80. The molecule has 0 aromatic heterocycles. The number of likely N-dealkylation sites (N-methyl/N-ethyl adjacent to an activating group) is 1. The van der Waals surface area contributed by atoms with Gasteiger partial charge in [-0.2, -0.15) is 0 Å². The Morgan fingerprint density at radius 3 is 2.54 bits per heavy atom. The lowest BCUT2D eigenvalue weighted by atomic mass is 10.1. The standard InChI is InChI=1S/C21H27N3O3S/c1-5-27-20(25)18-7-6-8-19(15(18)2)23-21(28)22-13-14-24(3)16-9-11-17(26-4)12-10-16/h6-12H,5,13-14H2,1-4H3,(H2,22,23,28). The molecule has 2 rings (SSSR count). The van der Waals surface area contributed by atoms with Crippen LogP contribution in [0, 0.1) is 6.92 Å². The summed E-state index contributed by atoms with van der Waals surface area (Å²) in [5, 5.41) is 6.85. The van der Waals surface area contributed by atoms with Gasteiger partial charge in [-0.15, -0.1) is 0 Å². The number of ether oxygens (including phenoxy) is 2. The Bertz CT molecular complexity index is 809. The van der Waals surface area contributed by atoms with Gasteiger partial charge in [-0.1, -0.05) is 6.07 Å². The molecule has 2 aromatic carbocycles. The van der Waals surface area contributed by atoms with Crippen LogP contribution in [0.15, 0.2) is 42.5 Å². The Kier molecular flexibility index (Phi) is 8.07. The van der Waals surface area contributed by atoms with Crippen molar-refractivity contribution < 1.29 is 14.3 Å². The van der Waals surface area contributed by atoms with Gasteiger partial charge >= 0.3 is 5.97 Å². The summed E-state index contributed by atoms with van der Waals surface area (Å²) in [4.78, 5) is 14.1. The zero-order chi connectivity index (χ0) is 20.5. The smallest absolute Gasteiger partial charge is 0.338 e. The lowest BCUT2D eigenvalue weighted by Gasteiger charge is -2.21. The highest BCUT2D eigenvalue weighted by atomic mass is 32.1. The van der Waals surface area contributed by atoms with Crippen molar-refractivity contribution in [3.05, 3.63) is 53.6 Å². The van der Waals surface area contributed by atoms with Gasteiger partial charge < -0.3 is 25.0 Å². The summed E-state index contributed by atoms with van der Waals surface area (Å²) in [6, 6.07) is 13.3. The second kappa shape index (κ2) is 10.5. The third kappa shape index (κ3) is 5.85. The number of hydrogen-bond donors (Lipinski definition) is 2. The monoisotopic (exact) mass is 401 g/mol. The molecule has 0 radical (unpaired) electrons. The molecule has 28 heavy (non-hydrogen) atoms. The number of rotatable bonds is 8. The first kappa shape index (κ1) is 21.5. The summed E-state index contributed by atoms with van der Waals surface area (Å²) < 4.78 is 10.3. The fraction of sp³-hybridized carbons (Fsp3) is 0.333. The molecule has 2 N–H and O–H groups in total. The summed E-state index contributed by atoms with van der Waals surface area (Å²) >= 11 is 5.38. The van der Waals surface area contributed by atoms with Crippen molar-refractivity contribution in [1.29, 1.82) is 0 Å². The number of anilines is 2. The van der Waals surface area contributed by atoms with E-state index in [1.165, 1.54) is 0 Å². The highest BCUT2D eigenvalue weighted by Crippen LogP contribution is 2.20. The summed E-state index contributed by atoms with van der Waals surface area (Å²) in [6.45, 7) is 5.45. The van der Waals surface area contributed by atoms with E-state index >= 15 is 0 Å². The maximum absolute atomic E-state index is 12.0. The molecular formula is C21H27N3O3S. The average molecular weight is 402 g/mol. The largest absolute Gasteiger partial charge is 0.497 e. The van der Waals surface area contributed by atoms with Crippen molar-refractivity contribution in [2.24, 2.45) is 0 Å². The fourth-order valence-corrected chi connectivity index (χ4v) is 2.88. The topological polar surface area (TPSA) is 62.8 Å². The number of carbonyl (C=O) groups is 1. The van der Waals surface area contributed by atoms with Crippen LogP contribution in [0.1, 0.15) is 22.8 Å². The van der Waals surface area contributed by atoms with Crippen molar-refractivity contribution in [3.63, 3.8) is 0 Å². The van der Waals surface area contributed by atoms with E-state index in [1.54, 1.807) is 20.1 Å². The molecule has 0 spiro atoms. The first-order valence-electron chi connectivity index (χ1n) is 9.13. The summed E-state index contributed by atoms with van der Waals surface area (Å²) in [6.07, 6.45) is 0. The van der Waals surface area contributed by atoms with Gasteiger partial charge in [0.2, 0.25) is 0 Å². The zero-order valence-electron chi connectivity index (χ0n) is 16.7. The van der Waals surface area contributed by atoms with E-state index in [4.69, 9.17) is 21.7 Å². The Morgan fingerprint density at radius 1 is 1.18 bits per heavy atom. The van der Waals surface area contributed by atoms with Gasteiger partial charge in [0.1, 0.15) is 5.75 Å². The maximum Gasteiger partial charge on any atom is 0.338 e. The van der Waals surface area contributed by atoms with Crippen molar-refractivity contribution >= 4 is 34.7 Å². The van der Waals surface area contributed by atoms with E-state index in [1.807, 2.05) is 50.4 Å². The molecule has 0 unspecified atom stereocenters. The van der Waals surface area contributed by atoms with E-state index < -0.39 is 0 Å². The van der Waals surface area contributed by atoms with E-state index in [0.29, 0.717) is 23.8 Å². The van der Waals surface area contributed by atoms with E-state index in [-0.39, 0.29) is 5.97 Å². The van der Waals surface area contributed by atoms with Crippen LogP contribution in [0.2, 0.25) is 0 Å². The zero-order valence-corrected chi connectivity index (χ0v) is 17.6. The molecule has 0 atom stereocenters. The fourth-order valence-electron chi connectivity index (χ4n) is 2.67. The first-order valence-corrected chi connectivity index (χ1v) is 9.53. The quantitative estimate of drug-likeness (QED) is 0.518. The van der Waals surface area contributed by atoms with Crippen LogP contribution in [-0.4, -0.2) is 44.9 Å². The molecule has 0 aliphatic heterocycles. The maximum atomic E-state index is 12.0. The molecule has 0 aliphatic rings. The number of hydrogen-bond acceptors (Lipinski definition) is 5. The molecule has 0 saturated carbocycles. The van der Waals surface area contributed by atoms with Crippen LogP contribution >= 0.6 is 12.2 Å². The predicted molar refractivity (Wildman–Crippen MR) is 118 cm³/mol. The lowest BCUT2D eigenvalue weighted by molar-refractivity contribution is 0.0525. The summed E-state index contributed by atoms with van der Waals surface area (Å²) in [7, 11) is 3.67. The average Bonchev–Trinajstić information content (AvgIpc) is 2.69. The van der Waals surface area contributed by atoms with Gasteiger partial charge in [0.15, 0.2) is 5.11 Å². The van der Waals surface area contributed by atoms with Crippen LogP contribution in [0.3, 0.4) is 0 Å². The van der Waals surface area contributed by atoms with Crippen molar-refractivity contribution in [2.45, 2.75) is 13.8 Å². The minimum Gasteiger partial charge on any atom is -0.497 e. The van der Waals surface area contributed by atoms with E-state index in [9.17, 15) is 4.79 Å². The number of nitrogens with one attached hydrogen (secondary N) is 2.